The predicted octanol–water partition coefficient (Wildman–Crippen LogP) is 3.34. The summed E-state index contributed by atoms with van der Waals surface area (Å²) in [5.74, 6) is -1.06. The smallest absolute Gasteiger partial charge is 0.408 e. The summed E-state index contributed by atoms with van der Waals surface area (Å²) in [5, 5.41) is 4.35. The zero-order valence-electron chi connectivity index (χ0n) is 20.9. The van der Waals surface area contributed by atoms with E-state index >= 15 is 0 Å². The SMILES string of the molecule is NC(=O)OCC1=C(C(=O)OC(c2ccccc2)c2ccccc2)N2C(=O)[C@@H](NC(=O)OCc3nccs3)[C@H]2SC1. The van der Waals surface area contributed by atoms with Crippen molar-refractivity contribution in [3.8, 4) is 0 Å². The monoisotopic (exact) mass is 580 g/mol. The van der Waals surface area contributed by atoms with Gasteiger partial charge in [0, 0.05) is 22.9 Å². The van der Waals surface area contributed by atoms with Gasteiger partial charge < -0.3 is 25.3 Å². The molecule has 2 aliphatic heterocycles. The summed E-state index contributed by atoms with van der Waals surface area (Å²) in [6.07, 6.45) is -0.964. The Hall–Kier alpha value is -4.36. The van der Waals surface area contributed by atoms with Gasteiger partial charge in [-0.25, -0.2) is 19.4 Å². The van der Waals surface area contributed by atoms with Gasteiger partial charge >= 0.3 is 18.2 Å². The second-order valence-corrected chi connectivity index (χ2v) is 10.8. The summed E-state index contributed by atoms with van der Waals surface area (Å²) >= 11 is 2.64. The number of primary amides is 1. The molecule has 1 aromatic heterocycles. The number of thioether (sulfide) groups is 1. The molecule has 2 aromatic carbocycles. The predicted molar refractivity (Wildman–Crippen MR) is 146 cm³/mol. The maximum Gasteiger partial charge on any atom is 0.408 e. The van der Waals surface area contributed by atoms with E-state index in [2.05, 4.69) is 10.3 Å². The fraction of sp³-hybridized carbons (Fsp3) is 0.222. The van der Waals surface area contributed by atoms with Crippen molar-refractivity contribution in [2.45, 2.75) is 24.1 Å². The third-order valence-corrected chi connectivity index (χ3v) is 8.24. The van der Waals surface area contributed by atoms with Crippen molar-refractivity contribution >= 4 is 47.2 Å². The highest BCUT2D eigenvalue weighted by Gasteiger charge is 2.55. The Morgan fingerprint density at radius 2 is 1.70 bits per heavy atom. The number of alkyl carbamates (subject to hydrolysis) is 1. The average molecular weight is 581 g/mol. The number of thiazole rings is 1. The number of esters is 1. The van der Waals surface area contributed by atoms with Gasteiger partial charge in [0.15, 0.2) is 6.10 Å². The first kappa shape index (κ1) is 27.2. The highest BCUT2D eigenvalue weighted by Crippen LogP contribution is 2.41. The lowest BCUT2D eigenvalue weighted by molar-refractivity contribution is -0.153. The lowest BCUT2D eigenvalue weighted by atomic mass is 10.0. The Morgan fingerprint density at radius 1 is 1.02 bits per heavy atom. The third-order valence-electron chi connectivity index (χ3n) is 6.14. The first-order chi connectivity index (χ1) is 19.4. The summed E-state index contributed by atoms with van der Waals surface area (Å²) in [7, 11) is 0. The number of carbonyl (C=O) groups excluding carboxylic acids is 4. The van der Waals surface area contributed by atoms with Gasteiger partial charge in [0.25, 0.3) is 5.91 Å². The van der Waals surface area contributed by atoms with Crippen LogP contribution in [-0.4, -0.2) is 57.7 Å². The fourth-order valence-corrected chi connectivity index (χ4v) is 6.16. The molecule has 0 unspecified atom stereocenters. The number of nitrogens with one attached hydrogen (secondary N) is 1. The number of nitrogens with zero attached hydrogens (tertiary/aromatic N) is 2. The maximum absolute atomic E-state index is 13.7. The molecule has 3 heterocycles. The molecule has 1 fully saturated rings. The van der Waals surface area contributed by atoms with E-state index in [-0.39, 0.29) is 24.7 Å². The van der Waals surface area contributed by atoms with Gasteiger partial charge in [-0.05, 0) is 11.1 Å². The zero-order valence-corrected chi connectivity index (χ0v) is 22.6. The molecule has 0 radical (unpaired) electrons. The van der Waals surface area contributed by atoms with Crippen LogP contribution in [0.5, 0.6) is 0 Å². The van der Waals surface area contributed by atoms with Crippen LogP contribution < -0.4 is 11.1 Å². The largest absolute Gasteiger partial charge is 0.448 e. The average Bonchev–Trinajstić information content (AvgIpc) is 3.50. The van der Waals surface area contributed by atoms with Crippen LogP contribution in [0.3, 0.4) is 0 Å². The van der Waals surface area contributed by atoms with Crippen molar-refractivity contribution in [2.24, 2.45) is 5.73 Å². The van der Waals surface area contributed by atoms with Crippen LogP contribution in [0.2, 0.25) is 0 Å². The van der Waals surface area contributed by atoms with Crippen LogP contribution in [0.25, 0.3) is 0 Å². The minimum absolute atomic E-state index is 0.0294. The third kappa shape index (κ3) is 5.95. The quantitative estimate of drug-likeness (QED) is 0.221. The number of hydrogen-bond donors (Lipinski definition) is 2. The molecule has 3 aromatic rings. The first-order valence-corrected chi connectivity index (χ1v) is 14.1. The van der Waals surface area contributed by atoms with E-state index in [1.807, 2.05) is 60.7 Å². The van der Waals surface area contributed by atoms with E-state index < -0.39 is 41.6 Å². The molecule has 0 aliphatic carbocycles. The van der Waals surface area contributed by atoms with Crippen molar-refractivity contribution in [1.82, 2.24) is 15.2 Å². The standard InChI is InChI=1S/C27H24N4O7S2/c28-26(34)36-13-18-15-40-24-20(30-27(35)37-14-19-29-11-12-39-19)23(32)31(24)21(18)25(33)38-22(16-7-3-1-4-8-16)17-9-5-2-6-10-17/h1-12,20,22,24H,13-15H2,(H2,28,34)(H,30,35)/t20-,24-/m1/s1. The number of nitrogens with two attached hydrogens (primary N) is 1. The number of amides is 3. The minimum atomic E-state index is -1.02. The molecular formula is C27H24N4O7S2. The molecule has 0 saturated carbocycles. The van der Waals surface area contributed by atoms with Gasteiger partial charge in [0.1, 0.15) is 35.3 Å². The molecule has 11 nitrogen and oxygen atoms in total. The lowest BCUT2D eigenvalue weighted by Gasteiger charge is -2.49. The molecule has 206 valence electrons. The normalized spacial score (nSPS) is 18.0. The Morgan fingerprint density at radius 3 is 2.30 bits per heavy atom. The summed E-state index contributed by atoms with van der Waals surface area (Å²) in [6, 6.07) is 17.5. The van der Waals surface area contributed by atoms with Crippen LogP contribution in [0, 0.1) is 0 Å². The Balaban J connectivity index is 1.36. The number of hydrogen-bond acceptors (Lipinski definition) is 10. The van der Waals surface area contributed by atoms with Crippen LogP contribution in [0.4, 0.5) is 9.59 Å². The fourth-order valence-electron chi connectivity index (χ4n) is 4.31. The summed E-state index contributed by atoms with van der Waals surface area (Å²) < 4.78 is 16.1. The molecule has 13 heteroatoms. The number of benzene rings is 2. The Bertz CT molecular complexity index is 1380. The number of aromatic nitrogens is 1. The van der Waals surface area contributed by atoms with Crippen molar-refractivity contribution in [1.29, 1.82) is 0 Å². The molecule has 3 amide bonds. The summed E-state index contributed by atoms with van der Waals surface area (Å²) in [4.78, 5) is 56.0. The second-order valence-electron chi connectivity index (χ2n) is 8.70. The zero-order chi connectivity index (χ0) is 28.1. The maximum atomic E-state index is 13.7. The number of carbonyl (C=O) groups is 4. The van der Waals surface area contributed by atoms with Gasteiger partial charge in [0.05, 0.1) is 0 Å². The van der Waals surface area contributed by atoms with E-state index in [9.17, 15) is 19.2 Å². The molecule has 0 bridgehead atoms. The minimum Gasteiger partial charge on any atom is -0.448 e. The van der Waals surface area contributed by atoms with Gasteiger partial charge in [-0.1, -0.05) is 60.7 Å². The number of fused-ring (bicyclic) bond motifs is 1. The van der Waals surface area contributed by atoms with Crippen molar-refractivity contribution < 1.29 is 33.4 Å². The molecule has 5 rings (SSSR count). The van der Waals surface area contributed by atoms with Gasteiger partial charge in [-0.3, -0.25) is 9.69 Å². The van der Waals surface area contributed by atoms with E-state index in [1.165, 1.54) is 28.0 Å². The highest BCUT2D eigenvalue weighted by atomic mass is 32.2. The summed E-state index contributed by atoms with van der Waals surface area (Å²) in [6.45, 7) is -0.322. The second kappa shape index (κ2) is 12.2. The van der Waals surface area contributed by atoms with Crippen LogP contribution >= 0.6 is 23.1 Å². The summed E-state index contributed by atoms with van der Waals surface area (Å²) in [5.41, 5.74) is 6.94. The first-order valence-electron chi connectivity index (χ1n) is 12.1. The molecule has 0 spiro atoms. The lowest BCUT2D eigenvalue weighted by Crippen LogP contribution is -2.70. The van der Waals surface area contributed by atoms with Gasteiger partial charge in [-0.2, -0.15) is 0 Å². The highest BCUT2D eigenvalue weighted by molar-refractivity contribution is 8.00. The Labute approximate surface area is 237 Å². The number of β-lactam (4-membered cyclic amide) rings is 1. The molecule has 2 aliphatic rings. The molecule has 40 heavy (non-hydrogen) atoms. The van der Waals surface area contributed by atoms with Crippen molar-refractivity contribution in [3.05, 3.63) is 99.6 Å². The Kier molecular flexibility index (Phi) is 8.31. The topological polar surface area (TPSA) is 150 Å². The van der Waals surface area contributed by atoms with E-state index in [4.69, 9.17) is 19.9 Å². The molecule has 2 atom stereocenters. The van der Waals surface area contributed by atoms with Crippen molar-refractivity contribution in [2.75, 3.05) is 12.4 Å². The van der Waals surface area contributed by atoms with Crippen LogP contribution in [0.15, 0.2) is 83.5 Å². The molecule has 3 N–H and O–H groups in total. The number of rotatable bonds is 9. The molecular weight excluding hydrogens is 556 g/mol. The van der Waals surface area contributed by atoms with E-state index in [0.717, 1.165) is 11.1 Å². The van der Waals surface area contributed by atoms with E-state index in [0.29, 0.717) is 10.6 Å². The van der Waals surface area contributed by atoms with Crippen LogP contribution in [0.1, 0.15) is 22.2 Å². The van der Waals surface area contributed by atoms with Gasteiger partial charge in [-0.15, -0.1) is 23.1 Å². The molecule has 1 saturated heterocycles. The van der Waals surface area contributed by atoms with Gasteiger partial charge in [0.2, 0.25) is 0 Å². The van der Waals surface area contributed by atoms with E-state index in [1.54, 1.807) is 11.6 Å². The number of ether oxygens (including phenoxy) is 3. The van der Waals surface area contributed by atoms with Crippen LogP contribution in [-0.2, 0) is 30.4 Å². The van der Waals surface area contributed by atoms with Crippen molar-refractivity contribution in [3.63, 3.8) is 0 Å².